The van der Waals surface area contributed by atoms with Gasteiger partial charge in [0.2, 0.25) is 0 Å². The van der Waals surface area contributed by atoms with Gasteiger partial charge in [0.25, 0.3) is 11.8 Å². The minimum Gasteiger partial charge on any atom is -0.484 e. The van der Waals surface area contributed by atoms with Crippen LogP contribution in [0.2, 0.25) is 0 Å². The average molecular weight is 391 g/mol. The number of nitrogens with two attached hydrogens (primary N) is 1. The lowest BCUT2D eigenvalue weighted by atomic mass is 10.0. The highest BCUT2D eigenvalue weighted by Crippen LogP contribution is 2.37. The fraction of sp³-hybridized carbons (Fsp3) is 0.0909. The van der Waals surface area contributed by atoms with Crippen LogP contribution in [0, 0.1) is 5.82 Å². The van der Waals surface area contributed by atoms with E-state index in [1.807, 2.05) is 12.1 Å². The van der Waals surface area contributed by atoms with Gasteiger partial charge in [-0.3, -0.25) is 14.5 Å². The van der Waals surface area contributed by atoms with Gasteiger partial charge in [-0.15, -0.1) is 0 Å². The van der Waals surface area contributed by atoms with Crippen LogP contribution < -0.4 is 20.7 Å². The van der Waals surface area contributed by atoms with Gasteiger partial charge >= 0.3 is 0 Å². The SMILES string of the molecule is NC(=O)COc1ccc([C@@H]2Nc3ccccc3C(=O)N2c2ccc(F)cc2)cc1. The lowest BCUT2D eigenvalue weighted by Crippen LogP contribution is -2.43. The molecular formula is C22H18FN3O3. The van der Waals surface area contributed by atoms with E-state index in [0.29, 0.717) is 17.0 Å². The molecule has 6 nitrogen and oxygen atoms in total. The Balaban J connectivity index is 1.71. The summed E-state index contributed by atoms with van der Waals surface area (Å²) < 4.78 is 18.7. The van der Waals surface area contributed by atoms with Crippen LogP contribution in [-0.4, -0.2) is 18.4 Å². The summed E-state index contributed by atoms with van der Waals surface area (Å²) >= 11 is 0. The van der Waals surface area contributed by atoms with Crippen LogP contribution in [0.25, 0.3) is 0 Å². The van der Waals surface area contributed by atoms with E-state index in [2.05, 4.69) is 5.32 Å². The number of nitrogens with one attached hydrogen (secondary N) is 1. The molecule has 7 heteroatoms. The molecule has 146 valence electrons. The second kappa shape index (κ2) is 7.63. The minimum atomic E-state index is -0.562. The van der Waals surface area contributed by atoms with Crippen molar-refractivity contribution in [2.45, 2.75) is 6.17 Å². The Labute approximate surface area is 166 Å². The maximum absolute atomic E-state index is 13.4. The number of hydrogen-bond acceptors (Lipinski definition) is 4. The van der Waals surface area contributed by atoms with Crippen molar-refractivity contribution in [3.8, 4) is 5.75 Å². The molecule has 1 aliphatic heterocycles. The zero-order chi connectivity index (χ0) is 20.4. The molecule has 0 aliphatic carbocycles. The third kappa shape index (κ3) is 3.75. The lowest BCUT2D eigenvalue weighted by Gasteiger charge is -2.38. The van der Waals surface area contributed by atoms with Crippen LogP contribution in [0.15, 0.2) is 72.8 Å². The van der Waals surface area contributed by atoms with Crippen LogP contribution in [0.4, 0.5) is 15.8 Å². The molecule has 3 N–H and O–H groups in total. The number of carbonyl (C=O) groups is 2. The number of benzene rings is 3. The molecule has 3 aromatic rings. The summed E-state index contributed by atoms with van der Waals surface area (Å²) in [6.45, 7) is -0.214. The number of rotatable bonds is 5. The lowest BCUT2D eigenvalue weighted by molar-refractivity contribution is -0.119. The minimum absolute atomic E-state index is 0.190. The van der Waals surface area contributed by atoms with E-state index in [9.17, 15) is 14.0 Å². The first kappa shape index (κ1) is 18.5. The molecule has 1 aliphatic rings. The van der Waals surface area contributed by atoms with Gasteiger partial charge in [0, 0.05) is 11.4 Å². The number of ether oxygens (including phenoxy) is 1. The largest absolute Gasteiger partial charge is 0.484 e. The van der Waals surface area contributed by atoms with Crippen molar-refractivity contribution in [2.24, 2.45) is 5.73 Å². The maximum atomic E-state index is 13.4. The number of para-hydroxylation sites is 1. The Morgan fingerprint density at radius 2 is 1.72 bits per heavy atom. The van der Waals surface area contributed by atoms with Gasteiger partial charge < -0.3 is 15.8 Å². The van der Waals surface area contributed by atoms with Gasteiger partial charge in [-0.25, -0.2) is 4.39 Å². The molecule has 2 amide bonds. The van der Waals surface area contributed by atoms with E-state index in [4.69, 9.17) is 10.5 Å². The van der Waals surface area contributed by atoms with E-state index in [1.54, 1.807) is 53.4 Å². The van der Waals surface area contributed by atoms with E-state index < -0.39 is 12.1 Å². The van der Waals surface area contributed by atoms with Crippen LogP contribution in [-0.2, 0) is 4.79 Å². The number of primary amides is 1. The van der Waals surface area contributed by atoms with E-state index in [-0.39, 0.29) is 18.3 Å². The molecule has 1 heterocycles. The summed E-state index contributed by atoms with van der Waals surface area (Å²) in [7, 11) is 0. The monoisotopic (exact) mass is 391 g/mol. The second-order valence-electron chi connectivity index (χ2n) is 6.57. The summed E-state index contributed by atoms with van der Waals surface area (Å²) in [5, 5.41) is 3.37. The van der Waals surface area contributed by atoms with E-state index in [0.717, 1.165) is 11.3 Å². The fourth-order valence-corrected chi connectivity index (χ4v) is 3.26. The normalized spacial score (nSPS) is 15.4. The predicted molar refractivity (Wildman–Crippen MR) is 107 cm³/mol. The second-order valence-corrected chi connectivity index (χ2v) is 6.57. The standard InChI is InChI=1S/C22H18FN3O3/c23-15-7-9-16(10-8-15)26-21(25-19-4-2-1-3-18(19)22(26)28)14-5-11-17(12-6-14)29-13-20(24)27/h1-12,21,25H,13H2,(H2,24,27)/t21-/m1/s1. The number of nitrogens with zero attached hydrogens (tertiary/aromatic N) is 1. The summed E-state index contributed by atoms with van der Waals surface area (Å²) in [6.07, 6.45) is -0.506. The Kier molecular flexibility index (Phi) is 4.87. The summed E-state index contributed by atoms with van der Waals surface area (Å²) in [4.78, 5) is 25.7. The smallest absolute Gasteiger partial charge is 0.262 e. The number of hydrogen-bond donors (Lipinski definition) is 2. The van der Waals surface area contributed by atoms with Gasteiger partial charge in [0.15, 0.2) is 6.61 Å². The number of halogens is 1. The van der Waals surface area contributed by atoms with Crippen molar-refractivity contribution in [1.82, 2.24) is 0 Å². The first-order valence-electron chi connectivity index (χ1n) is 8.99. The molecule has 0 bridgehead atoms. The van der Waals surface area contributed by atoms with Crippen molar-refractivity contribution < 1.29 is 18.7 Å². The molecule has 0 radical (unpaired) electrons. The summed E-state index contributed by atoms with van der Waals surface area (Å²) in [5.74, 6) is -0.639. The molecule has 0 unspecified atom stereocenters. The Morgan fingerprint density at radius 1 is 1.03 bits per heavy atom. The Morgan fingerprint density at radius 3 is 2.41 bits per heavy atom. The molecule has 0 spiro atoms. The van der Waals surface area contributed by atoms with Crippen LogP contribution >= 0.6 is 0 Å². The highest BCUT2D eigenvalue weighted by atomic mass is 19.1. The molecule has 29 heavy (non-hydrogen) atoms. The zero-order valence-electron chi connectivity index (χ0n) is 15.3. The van der Waals surface area contributed by atoms with E-state index in [1.165, 1.54) is 12.1 Å². The zero-order valence-corrected chi connectivity index (χ0v) is 15.3. The number of anilines is 2. The Hall–Kier alpha value is -3.87. The van der Waals surface area contributed by atoms with Crippen LogP contribution in [0.5, 0.6) is 5.75 Å². The van der Waals surface area contributed by atoms with Gasteiger partial charge in [-0.05, 0) is 54.1 Å². The summed E-state index contributed by atoms with van der Waals surface area (Å²) in [6, 6.07) is 20.0. The first-order valence-corrected chi connectivity index (χ1v) is 8.99. The van der Waals surface area contributed by atoms with Gasteiger partial charge in [-0.1, -0.05) is 24.3 Å². The van der Waals surface area contributed by atoms with Gasteiger partial charge in [0.05, 0.1) is 5.56 Å². The maximum Gasteiger partial charge on any atom is 0.262 e. The average Bonchev–Trinajstić information content (AvgIpc) is 2.73. The fourth-order valence-electron chi connectivity index (χ4n) is 3.26. The molecule has 0 saturated carbocycles. The van der Waals surface area contributed by atoms with Crippen LogP contribution in [0.1, 0.15) is 22.1 Å². The quantitative estimate of drug-likeness (QED) is 0.698. The molecule has 3 aromatic carbocycles. The predicted octanol–water partition coefficient (Wildman–Crippen LogP) is 3.46. The highest BCUT2D eigenvalue weighted by Gasteiger charge is 2.33. The number of carbonyl (C=O) groups excluding carboxylic acids is 2. The molecular weight excluding hydrogens is 373 g/mol. The molecule has 0 aromatic heterocycles. The molecule has 1 atom stereocenters. The van der Waals surface area contributed by atoms with Crippen molar-refractivity contribution in [2.75, 3.05) is 16.8 Å². The third-order valence-electron chi connectivity index (χ3n) is 4.61. The highest BCUT2D eigenvalue weighted by molar-refractivity contribution is 6.12. The number of amides is 2. The topological polar surface area (TPSA) is 84.7 Å². The van der Waals surface area contributed by atoms with Crippen molar-refractivity contribution in [1.29, 1.82) is 0 Å². The number of fused-ring (bicyclic) bond motifs is 1. The van der Waals surface area contributed by atoms with Crippen molar-refractivity contribution >= 4 is 23.2 Å². The van der Waals surface area contributed by atoms with Crippen molar-refractivity contribution in [3.63, 3.8) is 0 Å². The Bertz CT molecular complexity index is 1050. The van der Waals surface area contributed by atoms with Gasteiger partial charge in [0.1, 0.15) is 17.7 Å². The van der Waals surface area contributed by atoms with E-state index >= 15 is 0 Å². The molecule has 0 saturated heterocycles. The van der Waals surface area contributed by atoms with Gasteiger partial charge in [-0.2, -0.15) is 0 Å². The summed E-state index contributed by atoms with van der Waals surface area (Å²) in [5.41, 5.74) is 7.71. The first-order chi connectivity index (χ1) is 14.0. The molecule has 0 fully saturated rings. The van der Waals surface area contributed by atoms with Crippen LogP contribution in [0.3, 0.4) is 0 Å². The van der Waals surface area contributed by atoms with Crippen molar-refractivity contribution in [3.05, 3.63) is 89.7 Å². The molecule has 4 rings (SSSR count). The third-order valence-corrected chi connectivity index (χ3v) is 4.61.